The number of aromatic nitrogens is 3. The lowest BCUT2D eigenvalue weighted by Crippen LogP contribution is -2.41. The summed E-state index contributed by atoms with van der Waals surface area (Å²) in [6.45, 7) is 3.08. The highest BCUT2D eigenvalue weighted by molar-refractivity contribution is 7.15. The molecule has 0 spiro atoms. The third-order valence-electron chi connectivity index (χ3n) is 5.08. The van der Waals surface area contributed by atoms with Gasteiger partial charge in [-0.05, 0) is 32.6 Å². The molecule has 4 rings (SSSR count). The fourth-order valence-corrected chi connectivity index (χ4v) is 4.35. The number of carbonyl (C=O) groups excluding carboxylic acids is 1. The highest BCUT2D eigenvalue weighted by Gasteiger charge is 2.26. The highest BCUT2D eigenvalue weighted by Crippen LogP contribution is 2.27. The van der Waals surface area contributed by atoms with Crippen molar-refractivity contribution in [3.63, 3.8) is 0 Å². The molecule has 1 saturated carbocycles. The predicted molar refractivity (Wildman–Crippen MR) is 102 cm³/mol. The molecule has 0 atom stereocenters. The van der Waals surface area contributed by atoms with Crippen molar-refractivity contribution in [1.82, 2.24) is 20.1 Å². The van der Waals surface area contributed by atoms with E-state index in [1.165, 1.54) is 11.3 Å². The molecule has 0 aromatic carbocycles. The van der Waals surface area contributed by atoms with Gasteiger partial charge in [0.25, 0.3) is 5.56 Å². The summed E-state index contributed by atoms with van der Waals surface area (Å²) in [4.78, 5) is 29.7. The van der Waals surface area contributed by atoms with E-state index in [-0.39, 0.29) is 23.7 Å². The Morgan fingerprint density at radius 2 is 2.15 bits per heavy atom. The summed E-state index contributed by atoms with van der Waals surface area (Å²) in [7, 11) is 0. The van der Waals surface area contributed by atoms with Gasteiger partial charge < -0.3 is 10.1 Å². The molecule has 27 heavy (non-hydrogen) atoms. The van der Waals surface area contributed by atoms with Crippen molar-refractivity contribution in [3.8, 4) is 0 Å². The van der Waals surface area contributed by atoms with E-state index < -0.39 is 0 Å². The van der Waals surface area contributed by atoms with Crippen LogP contribution in [0.15, 0.2) is 17.1 Å². The summed E-state index contributed by atoms with van der Waals surface area (Å²) in [5.41, 5.74) is 1.82. The number of thiazole rings is 1. The van der Waals surface area contributed by atoms with E-state index in [1.807, 2.05) is 6.92 Å². The van der Waals surface area contributed by atoms with Crippen molar-refractivity contribution in [2.45, 2.75) is 57.7 Å². The Morgan fingerprint density at radius 1 is 1.33 bits per heavy atom. The maximum absolute atomic E-state index is 12.4. The second-order valence-electron chi connectivity index (χ2n) is 7.08. The van der Waals surface area contributed by atoms with Crippen LogP contribution in [-0.4, -0.2) is 33.4 Å². The smallest absolute Gasteiger partial charge is 0.321 e. The Balaban J connectivity index is 1.34. The van der Waals surface area contributed by atoms with Gasteiger partial charge in [-0.1, -0.05) is 0 Å². The number of nitrogens with zero attached hydrogens (tertiary/aromatic N) is 3. The Labute approximate surface area is 161 Å². The summed E-state index contributed by atoms with van der Waals surface area (Å²) in [6, 6.07) is 1.63. The van der Waals surface area contributed by atoms with Crippen LogP contribution in [0.25, 0.3) is 0 Å². The Bertz CT molecular complexity index is 885. The number of ether oxygens (including phenoxy) is 1. The van der Waals surface area contributed by atoms with Crippen LogP contribution < -0.4 is 16.2 Å². The third-order valence-corrected chi connectivity index (χ3v) is 5.91. The van der Waals surface area contributed by atoms with E-state index in [0.29, 0.717) is 18.3 Å². The summed E-state index contributed by atoms with van der Waals surface area (Å²) in [5.74, 6) is 0. The quantitative estimate of drug-likeness (QED) is 0.840. The van der Waals surface area contributed by atoms with E-state index in [0.717, 1.165) is 48.2 Å². The molecule has 0 unspecified atom stereocenters. The van der Waals surface area contributed by atoms with Gasteiger partial charge in [-0.2, -0.15) is 5.10 Å². The van der Waals surface area contributed by atoms with Gasteiger partial charge in [0.2, 0.25) is 0 Å². The van der Waals surface area contributed by atoms with Gasteiger partial charge in [-0.3, -0.25) is 10.1 Å². The molecule has 8 nitrogen and oxygen atoms in total. The predicted octanol–water partition coefficient (Wildman–Crippen LogP) is 2.39. The summed E-state index contributed by atoms with van der Waals surface area (Å²) < 4.78 is 7.03. The van der Waals surface area contributed by atoms with Crippen molar-refractivity contribution in [2.75, 3.05) is 11.9 Å². The number of nitrogens with one attached hydrogen (secondary N) is 2. The fourth-order valence-electron chi connectivity index (χ4n) is 3.69. The van der Waals surface area contributed by atoms with Crippen LogP contribution in [0.4, 0.5) is 9.93 Å². The van der Waals surface area contributed by atoms with Crippen molar-refractivity contribution in [1.29, 1.82) is 0 Å². The standard InChI is InChI=1S/C18H23N5O3S/c1-11-9-19-18(27-11)21-17(25)20-13-2-4-14(5-3-13)23-16(24)8-12-10-26-7-6-15(12)22-23/h8-9,13-14H,2-7,10H2,1H3,(H2,19,20,21,25). The average molecular weight is 389 g/mol. The Morgan fingerprint density at radius 3 is 2.89 bits per heavy atom. The molecule has 2 N–H and O–H groups in total. The van der Waals surface area contributed by atoms with Gasteiger partial charge in [0, 0.05) is 35.2 Å². The monoisotopic (exact) mass is 389 g/mol. The van der Waals surface area contributed by atoms with Crippen molar-refractivity contribution >= 4 is 22.5 Å². The largest absolute Gasteiger partial charge is 0.376 e. The molecule has 2 amide bonds. The molecule has 2 aromatic rings. The molecule has 9 heteroatoms. The number of hydrogen-bond donors (Lipinski definition) is 2. The Hall–Kier alpha value is -2.26. The number of anilines is 1. The minimum absolute atomic E-state index is 0.0625. The highest BCUT2D eigenvalue weighted by atomic mass is 32.1. The third kappa shape index (κ3) is 4.19. The molecule has 1 aliphatic heterocycles. The lowest BCUT2D eigenvalue weighted by Gasteiger charge is -2.30. The van der Waals surface area contributed by atoms with Gasteiger partial charge in [0.1, 0.15) is 0 Å². The molecular formula is C18H23N5O3S. The minimum Gasteiger partial charge on any atom is -0.376 e. The van der Waals surface area contributed by atoms with E-state index in [1.54, 1.807) is 16.9 Å². The molecular weight excluding hydrogens is 366 g/mol. The lowest BCUT2D eigenvalue weighted by molar-refractivity contribution is 0.107. The first kappa shape index (κ1) is 18.1. The van der Waals surface area contributed by atoms with Crippen LogP contribution in [0.5, 0.6) is 0 Å². The molecule has 2 aliphatic rings. The first-order valence-corrected chi connectivity index (χ1v) is 10.1. The second kappa shape index (κ2) is 7.77. The van der Waals surface area contributed by atoms with Gasteiger partial charge >= 0.3 is 6.03 Å². The van der Waals surface area contributed by atoms with Gasteiger partial charge in [-0.15, -0.1) is 11.3 Å². The van der Waals surface area contributed by atoms with Crippen LogP contribution in [-0.2, 0) is 17.8 Å². The molecule has 0 radical (unpaired) electrons. The normalized spacial score (nSPS) is 22.1. The maximum atomic E-state index is 12.4. The van der Waals surface area contributed by atoms with Crippen LogP contribution in [0.2, 0.25) is 0 Å². The topological polar surface area (TPSA) is 98.1 Å². The first-order valence-electron chi connectivity index (χ1n) is 9.28. The fraction of sp³-hybridized carbons (Fsp3) is 0.556. The van der Waals surface area contributed by atoms with E-state index in [4.69, 9.17) is 4.74 Å². The van der Waals surface area contributed by atoms with E-state index in [2.05, 4.69) is 20.7 Å². The first-order chi connectivity index (χ1) is 13.1. The van der Waals surface area contributed by atoms with Gasteiger partial charge in [-0.25, -0.2) is 14.5 Å². The van der Waals surface area contributed by atoms with Crippen LogP contribution in [0.1, 0.15) is 47.9 Å². The average Bonchev–Trinajstić information content (AvgIpc) is 3.06. The molecule has 1 aliphatic carbocycles. The number of fused-ring (bicyclic) bond motifs is 1. The van der Waals surface area contributed by atoms with Crippen LogP contribution in [0.3, 0.4) is 0 Å². The summed E-state index contributed by atoms with van der Waals surface area (Å²) >= 11 is 1.45. The molecule has 0 saturated heterocycles. The zero-order valence-corrected chi connectivity index (χ0v) is 16.1. The maximum Gasteiger partial charge on any atom is 0.321 e. The SMILES string of the molecule is Cc1cnc(NC(=O)NC2CCC(n3nc4c(cc3=O)COCC4)CC2)s1. The van der Waals surface area contributed by atoms with E-state index in [9.17, 15) is 9.59 Å². The number of amides is 2. The van der Waals surface area contributed by atoms with Crippen molar-refractivity contribution in [3.05, 3.63) is 38.8 Å². The molecule has 2 aromatic heterocycles. The number of rotatable bonds is 3. The van der Waals surface area contributed by atoms with Gasteiger partial charge in [0.05, 0.1) is 24.9 Å². The molecule has 144 valence electrons. The van der Waals surface area contributed by atoms with Crippen molar-refractivity contribution < 1.29 is 9.53 Å². The molecule has 0 bridgehead atoms. The zero-order valence-electron chi connectivity index (χ0n) is 15.2. The van der Waals surface area contributed by atoms with Crippen LogP contribution >= 0.6 is 11.3 Å². The number of hydrogen-bond acceptors (Lipinski definition) is 6. The minimum atomic E-state index is -0.225. The summed E-state index contributed by atoms with van der Waals surface area (Å²) in [5, 5.41) is 11.0. The van der Waals surface area contributed by atoms with Crippen molar-refractivity contribution in [2.24, 2.45) is 0 Å². The number of carbonyl (C=O) groups is 1. The summed E-state index contributed by atoms with van der Waals surface area (Å²) in [6.07, 6.45) is 5.78. The second-order valence-corrected chi connectivity index (χ2v) is 8.32. The number of aryl methyl sites for hydroxylation is 1. The molecule has 1 fully saturated rings. The van der Waals surface area contributed by atoms with E-state index >= 15 is 0 Å². The number of urea groups is 1. The van der Waals surface area contributed by atoms with Crippen LogP contribution in [0, 0.1) is 6.92 Å². The Kier molecular flexibility index (Phi) is 5.22. The van der Waals surface area contributed by atoms with Gasteiger partial charge in [0.15, 0.2) is 5.13 Å². The lowest BCUT2D eigenvalue weighted by atomic mass is 9.91. The zero-order chi connectivity index (χ0) is 18.8. The molecule has 3 heterocycles.